The Morgan fingerprint density at radius 2 is 1.91 bits per heavy atom. The fourth-order valence-corrected chi connectivity index (χ4v) is 2.18. The van der Waals surface area contributed by atoms with Crippen LogP contribution in [0.5, 0.6) is 0 Å². The molecule has 8 heteroatoms. The molecule has 0 aliphatic heterocycles. The monoisotopic (exact) mass is 333 g/mol. The van der Waals surface area contributed by atoms with Crippen molar-refractivity contribution in [1.82, 2.24) is 19.7 Å². The molecule has 0 atom stereocenters. The van der Waals surface area contributed by atoms with Crippen LogP contribution >= 0.6 is 23.2 Å². The lowest BCUT2D eigenvalue weighted by atomic mass is 10.2. The highest BCUT2D eigenvalue weighted by Gasteiger charge is 2.14. The number of hydrogen-bond acceptors (Lipinski definition) is 4. The molecule has 1 amide bonds. The summed E-state index contributed by atoms with van der Waals surface area (Å²) in [7, 11) is 0. The Kier molecular flexibility index (Phi) is 4.04. The number of rotatable bonds is 3. The molecule has 22 heavy (non-hydrogen) atoms. The van der Waals surface area contributed by atoms with Crippen molar-refractivity contribution >= 4 is 34.8 Å². The van der Waals surface area contributed by atoms with Crippen LogP contribution in [-0.2, 0) is 0 Å². The summed E-state index contributed by atoms with van der Waals surface area (Å²) >= 11 is 11.8. The smallest absolute Gasteiger partial charge is 0.258 e. The zero-order chi connectivity index (χ0) is 15.5. The van der Waals surface area contributed by atoms with Crippen molar-refractivity contribution in [2.75, 3.05) is 5.32 Å². The third-order valence-electron chi connectivity index (χ3n) is 2.81. The van der Waals surface area contributed by atoms with Gasteiger partial charge in [0.15, 0.2) is 5.82 Å². The second-order valence-corrected chi connectivity index (χ2v) is 5.07. The largest absolute Gasteiger partial charge is 0.319 e. The number of carbonyl (C=O) groups excluding carboxylic acids is 1. The first-order valence-corrected chi connectivity index (χ1v) is 6.98. The van der Waals surface area contributed by atoms with E-state index in [4.69, 9.17) is 23.2 Å². The molecule has 0 spiro atoms. The van der Waals surface area contributed by atoms with Crippen molar-refractivity contribution in [2.45, 2.75) is 0 Å². The number of hydrogen-bond donors (Lipinski definition) is 1. The average molecular weight is 334 g/mol. The van der Waals surface area contributed by atoms with E-state index in [-0.39, 0.29) is 16.6 Å². The van der Waals surface area contributed by atoms with E-state index in [9.17, 15) is 4.79 Å². The molecule has 0 aliphatic carbocycles. The molecule has 0 bridgehead atoms. The van der Waals surface area contributed by atoms with Gasteiger partial charge in [-0.2, -0.15) is 5.10 Å². The van der Waals surface area contributed by atoms with Gasteiger partial charge in [-0.3, -0.25) is 4.79 Å². The summed E-state index contributed by atoms with van der Waals surface area (Å²) < 4.78 is 1.47. The fourth-order valence-electron chi connectivity index (χ4n) is 1.84. The number of anilines is 1. The molecule has 0 saturated heterocycles. The Hall–Kier alpha value is -2.44. The van der Waals surface area contributed by atoms with E-state index in [0.717, 1.165) is 0 Å². The van der Waals surface area contributed by atoms with Crippen LogP contribution in [0.4, 0.5) is 5.69 Å². The number of halogens is 2. The van der Waals surface area contributed by atoms with Gasteiger partial charge >= 0.3 is 0 Å². The number of pyridine rings is 2. The number of nitrogens with zero attached hydrogens (tertiary/aromatic N) is 4. The molecule has 3 rings (SSSR count). The number of aromatic nitrogens is 4. The molecule has 3 aromatic rings. The van der Waals surface area contributed by atoms with Crippen LogP contribution < -0.4 is 5.32 Å². The van der Waals surface area contributed by atoms with E-state index in [0.29, 0.717) is 16.5 Å². The van der Waals surface area contributed by atoms with Crippen LogP contribution in [0, 0.1) is 0 Å². The minimum Gasteiger partial charge on any atom is -0.319 e. The summed E-state index contributed by atoms with van der Waals surface area (Å²) in [5, 5.41) is 7.42. The summed E-state index contributed by atoms with van der Waals surface area (Å²) in [6.07, 6.45) is 6.19. The Labute approximate surface area is 135 Å². The van der Waals surface area contributed by atoms with Gasteiger partial charge in [-0.05, 0) is 24.3 Å². The third-order valence-corrected chi connectivity index (χ3v) is 3.30. The fraction of sp³-hybridized carbons (Fsp3) is 0. The molecule has 1 N–H and O–H groups in total. The number of carbonyl (C=O) groups is 1. The van der Waals surface area contributed by atoms with Gasteiger partial charge in [0.2, 0.25) is 0 Å². The zero-order valence-electron chi connectivity index (χ0n) is 11.1. The van der Waals surface area contributed by atoms with Crippen LogP contribution in [-0.4, -0.2) is 25.7 Å². The maximum Gasteiger partial charge on any atom is 0.258 e. The van der Waals surface area contributed by atoms with Gasteiger partial charge in [-0.25, -0.2) is 14.6 Å². The molecule has 0 saturated carbocycles. The Bertz CT molecular complexity index is 833. The minimum absolute atomic E-state index is 0.132. The van der Waals surface area contributed by atoms with Gasteiger partial charge in [0.1, 0.15) is 5.15 Å². The maximum absolute atomic E-state index is 12.3. The second-order valence-electron chi connectivity index (χ2n) is 4.27. The highest BCUT2D eigenvalue weighted by Crippen LogP contribution is 2.20. The lowest BCUT2D eigenvalue weighted by molar-refractivity contribution is 0.102. The van der Waals surface area contributed by atoms with Crippen LogP contribution in [0.15, 0.2) is 49.1 Å². The molecule has 3 aromatic heterocycles. The van der Waals surface area contributed by atoms with E-state index in [2.05, 4.69) is 20.4 Å². The van der Waals surface area contributed by atoms with E-state index in [1.54, 1.807) is 36.7 Å². The lowest BCUT2D eigenvalue weighted by Crippen LogP contribution is -2.15. The predicted octanol–water partition coefficient (Wildman–Crippen LogP) is 3.22. The molecule has 0 aromatic carbocycles. The first-order chi connectivity index (χ1) is 10.6. The SMILES string of the molecule is O=C(Nc1cccnc1-n1cc(Cl)cn1)c1cccnc1Cl. The molecule has 3 heterocycles. The Morgan fingerprint density at radius 3 is 2.64 bits per heavy atom. The van der Waals surface area contributed by atoms with Crippen LogP contribution in [0.25, 0.3) is 5.82 Å². The quantitative estimate of drug-likeness (QED) is 0.747. The van der Waals surface area contributed by atoms with Gasteiger partial charge in [0, 0.05) is 12.4 Å². The standard InChI is InChI=1S/C14H9Cl2N5O/c15-9-7-19-21(8-9)13-11(4-2-6-18-13)20-14(22)10-3-1-5-17-12(10)16/h1-8H,(H,20,22). The zero-order valence-corrected chi connectivity index (χ0v) is 12.6. The third kappa shape index (κ3) is 2.93. The second kappa shape index (κ2) is 6.13. The summed E-state index contributed by atoms with van der Waals surface area (Å²) in [6, 6.07) is 6.64. The van der Waals surface area contributed by atoms with Crippen molar-refractivity contribution in [3.05, 3.63) is 64.8 Å². The van der Waals surface area contributed by atoms with Gasteiger partial charge in [-0.15, -0.1) is 0 Å². The summed E-state index contributed by atoms with van der Waals surface area (Å²) in [4.78, 5) is 20.4. The van der Waals surface area contributed by atoms with Crippen LogP contribution in [0.1, 0.15) is 10.4 Å². The van der Waals surface area contributed by atoms with Crippen molar-refractivity contribution in [1.29, 1.82) is 0 Å². The molecule has 0 fully saturated rings. The predicted molar refractivity (Wildman–Crippen MR) is 83.6 cm³/mol. The highest BCUT2D eigenvalue weighted by molar-refractivity contribution is 6.33. The normalized spacial score (nSPS) is 10.5. The van der Waals surface area contributed by atoms with Gasteiger partial charge in [-0.1, -0.05) is 23.2 Å². The Morgan fingerprint density at radius 1 is 1.14 bits per heavy atom. The Balaban J connectivity index is 1.93. The molecule has 0 aliphatic rings. The molecule has 6 nitrogen and oxygen atoms in total. The summed E-state index contributed by atoms with van der Waals surface area (Å²) in [6.45, 7) is 0. The van der Waals surface area contributed by atoms with Gasteiger partial charge in [0.25, 0.3) is 5.91 Å². The maximum atomic E-state index is 12.3. The van der Waals surface area contributed by atoms with Gasteiger partial charge in [0.05, 0.1) is 28.7 Å². The summed E-state index contributed by atoms with van der Waals surface area (Å²) in [5.74, 6) is 0.0633. The minimum atomic E-state index is -0.384. The molecular weight excluding hydrogens is 325 g/mol. The summed E-state index contributed by atoms with van der Waals surface area (Å²) in [5.41, 5.74) is 0.754. The lowest BCUT2D eigenvalue weighted by Gasteiger charge is -2.10. The first kappa shape index (κ1) is 14.5. The van der Waals surface area contributed by atoms with Crippen LogP contribution in [0.3, 0.4) is 0 Å². The van der Waals surface area contributed by atoms with E-state index in [1.807, 2.05) is 0 Å². The number of amides is 1. The first-order valence-electron chi connectivity index (χ1n) is 6.22. The average Bonchev–Trinajstić information content (AvgIpc) is 2.94. The van der Waals surface area contributed by atoms with E-state index < -0.39 is 0 Å². The van der Waals surface area contributed by atoms with Crippen molar-refractivity contribution in [3.8, 4) is 5.82 Å². The van der Waals surface area contributed by atoms with Gasteiger partial charge < -0.3 is 5.32 Å². The van der Waals surface area contributed by atoms with Crippen LogP contribution in [0.2, 0.25) is 10.2 Å². The molecule has 0 radical (unpaired) electrons. The molecule has 0 unspecified atom stereocenters. The van der Waals surface area contributed by atoms with Crippen molar-refractivity contribution in [2.24, 2.45) is 0 Å². The highest BCUT2D eigenvalue weighted by atomic mass is 35.5. The van der Waals surface area contributed by atoms with E-state index >= 15 is 0 Å². The van der Waals surface area contributed by atoms with Crippen molar-refractivity contribution in [3.63, 3.8) is 0 Å². The molecular formula is C14H9Cl2N5O. The van der Waals surface area contributed by atoms with Crippen molar-refractivity contribution < 1.29 is 4.79 Å². The number of nitrogens with one attached hydrogen (secondary N) is 1. The topological polar surface area (TPSA) is 72.7 Å². The molecule has 110 valence electrons. The van der Waals surface area contributed by atoms with E-state index in [1.165, 1.54) is 17.1 Å².